The number of Topliss-reactive ketones (excluding diaryl/α,β-unsaturated/α-hetero) is 1. The Kier molecular flexibility index (Phi) is 15.4. The van der Waals surface area contributed by atoms with Crippen molar-refractivity contribution < 1.29 is 41.8 Å². The lowest BCUT2D eigenvalue weighted by Crippen LogP contribution is -2.58. The van der Waals surface area contributed by atoms with Crippen LogP contribution in [-0.4, -0.2) is 65.4 Å². The predicted molar refractivity (Wildman–Crippen MR) is 194 cm³/mol. The molecule has 53 heavy (non-hydrogen) atoms. The van der Waals surface area contributed by atoms with E-state index < -0.39 is 70.4 Å². The van der Waals surface area contributed by atoms with E-state index in [0.717, 1.165) is 5.56 Å². The van der Waals surface area contributed by atoms with Crippen LogP contribution in [0.1, 0.15) is 83.7 Å². The highest BCUT2D eigenvalue weighted by atomic mass is 19.2. The quantitative estimate of drug-likeness (QED) is 0.0872. The summed E-state index contributed by atoms with van der Waals surface area (Å²) < 4.78 is 57.2. The Bertz CT molecular complexity index is 1610. The molecule has 14 heteroatoms. The largest absolute Gasteiger partial charge is 0.503 e. The van der Waals surface area contributed by atoms with Gasteiger partial charge in [-0.05, 0) is 55.9 Å². The van der Waals surface area contributed by atoms with E-state index in [2.05, 4.69) is 33.2 Å². The monoisotopic (exact) mass is 747 g/mol. The number of aryl methyl sites for hydroxylation is 1. The number of amides is 3. The normalized spacial score (nSPS) is 19.2. The van der Waals surface area contributed by atoms with Crippen molar-refractivity contribution in [1.29, 1.82) is 0 Å². The van der Waals surface area contributed by atoms with Crippen LogP contribution >= 0.6 is 0 Å². The number of halogens is 4. The van der Waals surface area contributed by atoms with Crippen molar-refractivity contribution in [3.63, 3.8) is 0 Å². The summed E-state index contributed by atoms with van der Waals surface area (Å²) in [6, 6.07) is 5.71. The van der Waals surface area contributed by atoms with E-state index in [1.165, 1.54) is 0 Å². The molecule has 2 aromatic carbocycles. The van der Waals surface area contributed by atoms with E-state index in [9.17, 15) is 41.8 Å². The maximum absolute atomic E-state index is 14.6. The Labute approximate surface area is 308 Å². The molecule has 1 aliphatic rings. The SMILES string of the molecule is C=C(NC1C(=O)C(C)C1C)[C@H](C)NCC(CC(C)C)NC(=O)[C@H](CCc1ccccc1)NC(=O)C(CC(C)C)NC(=O)c1c(F)c(F)c(O)c(F)c1F. The first kappa shape index (κ1) is 42.9. The highest BCUT2D eigenvalue weighted by molar-refractivity contribution is 5.99. The van der Waals surface area contributed by atoms with E-state index in [4.69, 9.17) is 0 Å². The maximum Gasteiger partial charge on any atom is 0.258 e. The van der Waals surface area contributed by atoms with Crippen molar-refractivity contribution in [2.24, 2.45) is 23.7 Å². The molecule has 0 saturated heterocycles. The number of rotatable bonds is 19. The lowest BCUT2D eigenvalue weighted by Gasteiger charge is -2.41. The van der Waals surface area contributed by atoms with Gasteiger partial charge in [-0.1, -0.05) is 78.5 Å². The highest BCUT2D eigenvalue weighted by Gasteiger charge is 2.44. The van der Waals surface area contributed by atoms with Crippen molar-refractivity contribution in [3.05, 3.63) is 77.0 Å². The molecule has 0 heterocycles. The summed E-state index contributed by atoms with van der Waals surface area (Å²) in [6.45, 7) is 17.7. The molecular weight excluding hydrogens is 694 g/mol. The number of nitrogens with one attached hydrogen (secondary N) is 5. The maximum atomic E-state index is 14.6. The van der Waals surface area contributed by atoms with E-state index in [1.54, 1.807) is 13.8 Å². The Morgan fingerprint density at radius 3 is 1.92 bits per heavy atom. The Morgan fingerprint density at radius 2 is 1.38 bits per heavy atom. The van der Waals surface area contributed by atoms with Crippen LogP contribution in [0.5, 0.6) is 5.75 Å². The number of hydrogen-bond acceptors (Lipinski definition) is 7. The van der Waals surface area contributed by atoms with Crippen LogP contribution in [0.4, 0.5) is 17.6 Å². The zero-order valence-corrected chi connectivity index (χ0v) is 31.4. The van der Waals surface area contributed by atoms with Gasteiger partial charge in [0.2, 0.25) is 23.4 Å². The molecule has 1 fully saturated rings. The molecule has 0 aliphatic heterocycles. The summed E-state index contributed by atoms with van der Waals surface area (Å²) in [4.78, 5) is 53.0. The van der Waals surface area contributed by atoms with Gasteiger partial charge in [0.15, 0.2) is 23.2 Å². The fourth-order valence-electron chi connectivity index (χ4n) is 6.25. The molecule has 0 radical (unpaired) electrons. The molecule has 7 atom stereocenters. The molecule has 1 aliphatic carbocycles. The third-order valence-corrected chi connectivity index (χ3v) is 9.70. The first-order chi connectivity index (χ1) is 24.8. The first-order valence-electron chi connectivity index (χ1n) is 18.1. The van der Waals surface area contributed by atoms with Crippen molar-refractivity contribution in [2.75, 3.05) is 6.54 Å². The Balaban J connectivity index is 1.79. The minimum absolute atomic E-state index is 0.0131. The van der Waals surface area contributed by atoms with Crippen molar-refractivity contribution in [3.8, 4) is 5.75 Å². The average Bonchev–Trinajstić information content (AvgIpc) is 3.11. The van der Waals surface area contributed by atoms with Gasteiger partial charge in [0.05, 0.1) is 6.04 Å². The van der Waals surface area contributed by atoms with Gasteiger partial charge in [-0.15, -0.1) is 0 Å². The molecule has 292 valence electrons. The van der Waals surface area contributed by atoms with Crippen LogP contribution in [0.3, 0.4) is 0 Å². The third-order valence-electron chi connectivity index (χ3n) is 9.70. The van der Waals surface area contributed by atoms with Crippen LogP contribution in [0.25, 0.3) is 0 Å². The molecule has 10 nitrogen and oxygen atoms in total. The molecule has 3 amide bonds. The fourth-order valence-corrected chi connectivity index (χ4v) is 6.25. The number of carbonyl (C=O) groups excluding carboxylic acids is 4. The lowest BCUT2D eigenvalue weighted by molar-refractivity contribution is -0.136. The fraction of sp³-hybridized carbons (Fsp3) is 0.538. The molecule has 0 aromatic heterocycles. The van der Waals surface area contributed by atoms with Crippen molar-refractivity contribution in [2.45, 2.75) is 104 Å². The van der Waals surface area contributed by atoms with E-state index in [0.29, 0.717) is 25.1 Å². The van der Waals surface area contributed by atoms with Crippen molar-refractivity contribution >= 4 is 23.5 Å². The molecule has 3 rings (SSSR count). The summed E-state index contributed by atoms with van der Waals surface area (Å²) in [5.74, 6) is -13.3. The molecule has 6 N–H and O–H groups in total. The number of carbonyl (C=O) groups is 4. The van der Waals surface area contributed by atoms with Gasteiger partial charge in [0.25, 0.3) is 5.91 Å². The van der Waals surface area contributed by atoms with Gasteiger partial charge < -0.3 is 31.7 Å². The summed E-state index contributed by atoms with van der Waals surface area (Å²) in [5.41, 5.74) is -0.111. The summed E-state index contributed by atoms with van der Waals surface area (Å²) in [6.07, 6.45) is 1.04. The molecular formula is C39H53F4N5O5. The molecule has 0 spiro atoms. The second-order valence-corrected chi connectivity index (χ2v) is 14.9. The average molecular weight is 748 g/mol. The highest BCUT2D eigenvalue weighted by Crippen LogP contribution is 2.31. The zero-order valence-electron chi connectivity index (χ0n) is 31.4. The van der Waals surface area contributed by atoms with Gasteiger partial charge in [-0.25, -0.2) is 8.78 Å². The van der Waals surface area contributed by atoms with Gasteiger partial charge in [-0.3, -0.25) is 19.2 Å². The number of ketones is 1. The Hall–Kier alpha value is -4.46. The Morgan fingerprint density at radius 1 is 0.811 bits per heavy atom. The van der Waals surface area contributed by atoms with E-state index in [-0.39, 0.29) is 54.4 Å². The summed E-state index contributed by atoms with van der Waals surface area (Å²) >= 11 is 0. The van der Waals surface area contributed by atoms with Gasteiger partial charge in [0.1, 0.15) is 17.6 Å². The van der Waals surface area contributed by atoms with Crippen LogP contribution in [0.2, 0.25) is 0 Å². The third kappa shape index (κ3) is 11.3. The zero-order chi connectivity index (χ0) is 39.7. The smallest absolute Gasteiger partial charge is 0.258 e. The van der Waals surface area contributed by atoms with Gasteiger partial charge >= 0.3 is 0 Å². The van der Waals surface area contributed by atoms with Crippen LogP contribution in [0, 0.1) is 46.9 Å². The number of aromatic hydroxyl groups is 1. The predicted octanol–water partition coefficient (Wildman–Crippen LogP) is 5.05. The van der Waals surface area contributed by atoms with Crippen LogP contribution in [0.15, 0.2) is 42.6 Å². The minimum Gasteiger partial charge on any atom is -0.503 e. The molecule has 1 saturated carbocycles. The number of benzene rings is 2. The number of phenols is 1. The summed E-state index contributed by atoms with van der Waals surface area (Å²) in [5, 5.41) is 23.8. The topological polar surface area (TPSA) is 149 Å². The van der Waals surface area contributed by atoms with E-state index >= 15 is 0 Å². The van der Waals surface area contributed by atoms with Crippen LogP contribution in [-0.2, 0) is 20.8 Å². The standard InChI is InChI=1S/C39H53F4N5O5/c1-19(2)16-26(18-44-23(7)24(8)45-34-21(5)22(6)35(34)49)46-37(51)27(15-14-25-12-10-9-11-13-25)47-38(52)28(17-20(3)4)48-39(53)29-30(40)32(42)36(50)33(43)31(29)41/h9-13,19-23,26-28,34,44-45,50H,8,14-18H2,1-7H3,(H,46,51)(H,47,52)(H,48,53)/t21?,22?,23-,26?,27-,28?,34?/m0/s1. The second-order valence-electron chi connectivity index (χ2n) is 14.9. The lowest BCUT2D eigenvalue weighted by atomic mass is 9.70. The van der Waals surface area contributed by atoms with E-state index in [1.807, 2.05) is 65.0 Å². The molecule has 0 bridgehead atoms. The first-order valence-corrected chi connectivity index (χ1v) is 18.1. The number of hydrogen-bond donors (Lipinski definition) is 6. The molecule has 2 aromatic rings. The van der Waals surface area contributed by atoms with Gasteiger partial charge in [0, 0.05) is 30.2 Å². The van der Waals surface area contributed by atoms with Crippen molar-refractivity contribution in [1.82, 2.24) is 26.6 Å². The second kappa shape index (κ2) is 19.0. The molecule has 5 unspecified atom stereocenters. The van der Waals surface area contributed by atoms with Crippen LogP contribution < -0.4 is 26.6 Å². The number of phenolic OH excluding ortho intramolecular Hbond substituents is 1. The minimum atomic E-state index is -2.16. The summed E-state index contributed by atoms with van der Waals surface area (Å²) in [7, 11) is 0. The van der Waals surface area contributed by atoms with Gasteiger partial charge in [-0.2, -0.15) is 8.78 Å².